The highest BCUT2D eigenvalue weighted by Crippen LogP contribution is 2.44. The minimum Gasteiger partial charge on any atom is -0.480 e. The van der Waals surface area contributed by atoms with Gasteiger partial charge >= 0.3 is 12.1 Å². The van der Waals surface area contributed by atoms with Gasteiger partial charge in [-0.1, -0.05) is 62.4 Å². The molecular weight excluding hydrogens is 452 g/mol. The number of hydrogen-bond acceptors (Lipinski definition) is 5. The summed E-state index contributed by atoms with van der Waals surface area (Å²) >= 11 is 1.49. The lowest BCUT2D eigenvalue weighted by molar-refractivity contribution is -0.149. The number of amides is 2. The van der Waals surface area contributed by atoms with Crippen LogP contribution in [0.5, 0.6) is 0 Å². The first-order chi connectivity index (χ1) is 16.3. The number of benzene rings is 2. The Hall–Kier alpha value is -3.00. The Balaban J connectivity index is 1.35. The number of carbonyl (C=O) groups excluding carboxylic acids is 2. The number of rotatable bonds is 7. The molecule has 1 aliphatic carbocycles. The van der Waals surface area contributed by atoms with Crippen LogP contribution < -0.4 is 5.32 Å². The number of carboxylic acid groups (broad SMARTS) is 1. The topological polar surface area (TPSA) is 95.9 Å². The number of thioether (sulfide) groups is 1. The molecule has 1 fully saturated rings. The van der Waals surface area contributed by atoms with Crippen LogP contribution in [0.25, 0.3) is 11.1 Å². The van der Waals surface area contributed by atoms with Crippen LogP contribution >= 0.6 is 11.8 Å². The molecule has 8 heteroatoms. The normalized spacial score (nSPS) is 20.1. The summed E-state index contributed by atoms with van der Waals surface area (Å²) in [5.41, 5.74) is 4.57. The minimum absolute atomic E-state index is 0.0117. The van der Waals surface area contributed by atoms with Crippen molar-refractivity contribution in [1.82, 2.24) is 10.2 Å². The predicted molar refractivity (Wildman–Crippen MR) is 132 cm³/mol. The van der Waals surface area contributed by atoms with Crippen LogP contribution in [-0.2, 0) is 14.3 Å². The summed E-state index contributed by atoms with van der Waals surface area (Å²) in [5, 5.41) is 12.1. The number of hydrogen-bond donors (Lipinski definition) is 2. The Kier molecular flexibility index (Phi) is 7.16. The summed E-state index contributed by atoms with van der Waals surface area (Å²) < 4.78 is 5.56. The van der Waals surface area contributed by atoms with Gasteiger partial charge in [0, 0.05) is 24.1 Å². The van der Waals surface area contributed by atoms with Crippen molar-refractivity contribution in [2.75, 3.05) is 12.4 Å². The fourth-order valence-electron chi connectivity index (χ4n) is 4.81. The van der Waals surface area contributed by atoms with E-state index in [2.05, 4.69) is 29.6 Å². The lowest BCUT2D eigenvalue weighted by Crippen LogP contribution is -2.49. The van der Waals surface area contributed by atoms with E-state index >= 15 is 0 Å². The molecule has 180 valence electrons. The Labute approximate surface area is 203 Å². The minimum atomic E-state index is -0.999. The second-order valence-corrected chi connectivity index (χ2v) is 10.3. The molecule has 0 bridgehead atoms. The summed E-state index contributed by atoms with van der Waals surface area (Å²) in [6.45, 7) is 5.86. The maximum atomic E-state index is 13.0. The zero-order valence-electron chi connectivity index (χ0n) is 19.6. The summed E-state index contributed by atoms with van der Waals surface area (Å²) in [6, 6.07) is 14.9. The number of nitrogens with zero attached hydrogens (tertiary/aromatic N) is 1. The van der Waals surface area contributed by atoms with E-state index in [4.69, 9.17) is 4.74 Å². The fraction of sp³-hybridized carbons (Fsp3) is 0.423. The summed E-state index contributed by atoms with van der Waals surface area (Å²) in [6.07, 6.45) is -0.578. The predicted octanol–water partition coefficient (Wildman–Crippen LogP) is 4.31. The molecular formula is C26H30N2O5S. The zero-order chi connectivity index (χ0) is 24.4. The number of carboxylic acids is 1. The van der Waals surface area contributed by atoms with Crippen LogP contribution in [0.2, 0.25) is 0 Å². The van der Waals surface area contributed by atoms with Gasteiger partial charge in [0.15, 0.2) is 0 Å². The van der Waals surface area contributed by atoms with Crippen molar-refractivity contribution in [3.8, 4) is 11.1 Å². The van der Waals surface area contributed by atoms with Gasteiger partial charge in [0.1, 0.15) is 12.6 Å². The molecule has 0 spiro atoms. The van der Waals surface area contributed by atoms with Crippen molar-refractivity contribution >= 4 is 29.7 Å². The van der Waals surface area contributed by atoms with Crippen molar-refractivity contribution in [3.63, 3.8) is 0 Å². The molecule has 0 radical (unpaired) electrons. The van der Waals surface area contributed by atoms with Crippen LogP contribution in [-0.4, -0.2) is 57.8 Å². The Morgan fingerprint density at radius 2 is 1.65 bits per heavy atom. The van der Waals surface area contributed by atoms with E-state index in [9.17, 15) is 19.5 Å². The first-order valence-electron chi connectivity index (χ1n) is 11.5. The van der Waals surface area contributed by atoms with Crippen molar-refractivity contribution in [3.05, 3.63) is 59.7 Å². The van der Waals surface area contributed by atoms with Crippen LogP contribution in [0.4, 0.5) is 4.79 Å². The van der Waals surface area contributed by atoms with Crippen LogP contribution in [0.15, 0.2) is 48.5 Å². The number of nitrogens with one attached hydrogen (secondary N) is 1. The highest BCUT2D eigenvalue weighted by Gasteiger charge is 2.43. The quantitative estimate of drug-likeness (QED) is 0.610. The van der Waals surface area contributed by atoms with Gasteiger partial charge in [0.2, 0.25) is 5.91 Å². The zero-order valence-corrected chi connectivity index (χ0v) is 20.4. The third-order valence-electron chi connectivity index (χ3n) is 6.37. The second-order valence-electron chi connectivity index (χ2n) is 9.20. The molecule has 1 saturated heterocycles. The van der Waals surface area contributed by atoms with Gasteiger partial charge in [0.25, 0.3) is 0 Å². The first kappa shape index (κ1) is 24.1. The van der Waals surface area contributed by atoms with E-state index in [-0.39, 0.29) is 36.1 Å². The van der Waals surface area contributed by atoms with Gasteiger partial charge in [-0.15, -0.1) is 11.8 Å². The van der Waals surface area contributed by atoms with Crippen molar-refractivity contribution < 1.29 is 24.2 Å². The van der Waals surface area contributed by atoms with E-state index in [1.165, 1.54) is 16.7 Å². The summed E-state index contributed by atoms with van der Waals surface area (Å²) in [5.74, 6) is -0.815. The fourth-order valence-corrected chi connectivity index (χ4v) is 6.30. The maximum absolute atomic E-state index is 13.0. The number of carbonyl (C=O) groups is 3. The van der Waals surface area contributed by atoms with Gasteiger partial charge in [0.05, 0.1) is 5.37 Å². The van der Waals surface area contributed by atoms with E-state index in [0.717, 1.165) is 22.3 Å². The highest BCUT2D eigenvalue weighted by atomic mass is 32.2. The third kappa shape index (κ3) is 4.78. The standard InChI is InChI=1S/C26H30N2O5S/c1-15(2)24-28(22(14-34-24)25(30)31)23(29)12-16(3)27-26(32)33-13-21-19-10-6-4-8-17(19)18-9-5-7-11-20(18)21/h4-11,15-16,21-22,24H,12-14H2,1-3H3,(H,27,32)(H,30,31)/t16-,22?,24?/m1/s1. The smallest absolute Gasteiger partial charge is 0.407 e. The number of alkyl carbamates (subject to hydrolysis) is 1. The van der Waals surface area contributed by atoms with Crippen molar-refractivity contribution in [1.29, 1.82) is 0 Å². The summed E-state index contributed by atoms with van der Waals surface area (Å²) in [7, 11) is 0. The van der Waals surface area contributed by atoms with E-state index in [0.29, 0.717) is 5.75 Å². The SMILES string of the molecule is CC(C)C1SCC(C(=O)O)N1C(=O)C[C@@H](C)NC(=O)OCC1c2ccccc2-c2ccccc21. The van der Waals surface area contributed by atoms with Crippen LogP contribution in [0, 0.1) is 5.92 Å². The van der Waals surface area contributed by atoms with Gasteiger partial charge in [-0.25, -0.2) is 9.59 Å². The molecule has 2 unspecified atom stereocenters. The monoisotopic (exact) mass is 482 g/mol. The van der Waals surface area contributed by atoms with Gasteiger partial charge in [-0.2, -0.15) is 0 Å². The molecule has 7 nitrogen and oxygen atoms in total. The molecule has 2 N–H and O–H groups in total. The second kappa shape index (κ2) is 10.1. The summed E-state index contributed by atoms with van der Waals surface area (Å²) in [4.78, 5) is 38.6. The van der Waals surface area contributed by atoms with Crippen LogP contribution in [0.3, 0.4) is 0 Å². The molecule has 0 saturated carbocycles. The van der Waals surface area contributed by atoms with Crippen molar-refractivity contribution in [2.45, 2.75) is 50.6 Å². The highest BCUT2D eigenvalue weighted by molar-refractivity contribution is 8.00. The molecule has 1 aliphatic heterocycles. The molecule has 1 heterocycles. The molecule has 34 heavy (non-hydrogen) atoms. The molecule has 0 aromatic heterocycles. The lowest BCUT2D eigenvalue weighted by Gasteiger charge is -2.30. The van der Waals surface area contributed by atoms with E-state index in [1.54, 1.807) is 6.92 Å². The van der Waals surface area contributed by atoms with Crippen molar-refractivity contribution in [2.24, 2.45) is 5.92 Å². The van der Waals surface area contributed by atoms with Gasteiger partial charge in [-0.05, 0) is 35.1 Å². The van der Waals surface area contributed by atoms with Gasteiger partial charge < -0.3 is 20.1 Å². The number of aliphatic carboxylic acids is 1. The number of fused-ring (bicyclic) bond motifs is 3. The maximum Gasteiger partial charge on any atom is 0.407 e. The van der Waals surface area contributed by atoms with E-state index < -0.39 is 24.1 Å². The largest absolute Gasteiger partial charge is 0.480 e. The molecule has 2 amide bonds. The first-order valence-corrected chi connectivity index (χ1v) is 12.6. The van der Waals surface area contributed by atoms with E-state index in [1.807, 2.05) is 38.1 Å². The molecule has 2 aromatic rings. The van der Waals surface area contributed by atoms with Gasteiger partial charge in [-0.3, -0.25) is 4.79 Å². The lowest BCUT2D eigenvalue weighted by atomic mass is 9.98. The average Bonchev–Trinajstić information content (AvgIpc) is 3.38. The molecule has 4 rings (SSSR count). The molecule has 2 aliphatic rings. The molecule has 2 aromatic carbocycles. The Morgan fingerprint density at radius 1 is 1.06 bits per heavy atom. The Bertz CT molecular complexity index is 1040. The molecule has 3 atom stereocenters. The average molecular weight is 483 g/mol. The van der Waals surface area contributed by atoms with Crippen LogP contribution in [0.1, 0.15) is 44.2 Å². The Morgan fingerprint density at radius 3 is 2.21 bits per heavy atom. The number of ether oxygens (including phenoxy) is 1. The third-order valence-corrected chi connectivity index (χ3v) is 7.99.